The average molecular weight is 258 g/mol. The predicted molar refractivity (Wildman–Crippen MR) is 50.4 cm³/mol. The highest BCUT2D eigenvalue weighted by Gasteiger charge is 2.41. The summed E-state index contributed by atoms with van der Waals surface area (Å²) in [7, 11) is -4.41. The van der Waals surface area contributed by atoms with E-state index in [0.717, 1.165) is 0 Å². The van der Waals surface area contributed by atoms with Gasteiger partial charge in [-0.2, -0.15) is 0 Å². The van der Waals surface area contributed by atoms with Crippen molar-refractivity contribution in [1.82, 2.24) is 0 Å². The molecule has 0 unspecified atom stereocenters. The van der Waals surface area contributed by atoms with Gasteiger partial charge in [0.2, 0.25) is 0 Å². The number of aliphatic hydroxyl groups is 4. The van der Waals surface area contributed by atoms with E-state index in [-0.39, 0.29) is 6.42 Å². The second kappa shape index (κ2) is 5.07. The quantitative estimate of drug-likeness (QED) is 0.237. The van der Waals surface area contributed by atoms with Gasteiger partial charge < -0.3 is 34.9 Å². The fraction of sp³-hybridized carbons (Fsp3) is 1.00. The number of rotatable bonds is 3. The molecule has 0 saturated carbocycles. The van der Waals surface area contributed by atoms with Crippen LogP contribution >= 0.6 is 7.60 Å². The zero-order chi connectivity index (χ0) is 12.5. The minimum atomic E-state index is -4.41. The first-order chi connectivity index (χ1) is 7.20. The molecule has 1 aliphatic heterocycles. The van der Waals surface area contributed by atoms with Crippen LogP contribution in [0.3, 0.4) is 0 Å². The molecule has 9 heteroatoms. The Kier molecular flexibility index (Phi) is 4.44. The molecule has 0 amide bonds. The third-order valence-corrected chi connectivity index (χ3v) is 3.18. The van der Waals surface area contributed by atoms with E-state index >= 15 is 0 Å². The molecule has 96 valence electrons. The van der Waals surface area contributed by atoms with Crippen molar-refractivity contribution >= 4 is 7.60 Å². The summed E-state index contributed by atoms with van der Waals surface area (Å²) in [6.45, 7) is 0. The Hall–Kier alpha value is -0.0500. The summed E-state index contributed by atoms with van der Waals surface area (Å²) in [6, 6.07) is 0. The van der Waals surface area contributed by atoms with Gasteiger partial charge >= 0.3 is 7.60 Å². The molecule has 0 spiro atoms. The lowest BCUT2D eigenvalue weighted by atomic mass is 9.98. The van der Waals surface area contributed by atoms with Gasteiger partial charge in [0.15, 0.2) is 6.29 Å². The molecule has 1 aliphatic rings. The van der Waals surface area contributed by atoms with Crippen molar-refractivity contribution < 1.29 is 39.5 Å². The van der Waals surface area contributed by atoms with Gasteiger partial charge in [0.1, 0.15) is 12.2 Å². The van der Waals surface area contributed by atoms with Crippen molar-refractivity contribution in [1.29, 1.82) is 0 Å². The Bertz CT molecular complexity index is 276. The first kappa shape index (κ1) is 14.0. The first-order valence-corrected chi connectivity index (χ1v) is 6.43. The topological polar surface area (TPSA) is 148 Å². The van der Waals surface area contributed by atoms with Gasteiger partial charge in [0, 0.05) is 6.42 Å². The molecule has 1 rings (SSSR count). The van der Waals surface area contributed by atoms with Crippen LogP contribution in [0.2, 0.25) is 0 Å². The minimum absolute atomic E-state index is 0.212. The van der Waals surface area contributed by atoms with Crippen LogP contribution in [0.4, 0.5) is 0 Å². The Morgan fingerprint density at radius 1 is 1.31 bits per heavy atom. The lowest BCUT2D eigenvalue weighted by Gasteiger charge is -2.37. The molecule has 0 radical (unpaired) electrons. The molecule has 1 heterocycles. The monoisotopic (exact) mass is 258 g/mol. The van der Waals surface area contributed by atoms with Crippen molar-refractivity contribution in [2.75, 3.05) is 6.16 Å². The summed E-state index contributed by atoms with van der Waals surface area (Å²) >= 11 is 0. The van der Waals surface area contributed by atoms with Crippen LogP contribution in [0.15, 0.2) is 0 Å². The molecule has 8 nitrogen and oxygen atoms in total. The molecule has 4 atom stereocenters. The van der Waals surface area contributed by atoms with E-state index < -0.39 is 44.5 Å². The fourth-order valence-electron chi connectivity index (χ4n) is 1.56. The molecule has 6 N–H and O–H groups in total. The molecule has 0 aromatic carbocycles. The number of hydrogen-bond acceptors (Lipinski definition) is 6. The zero-order valence-electron chi connectivity index (χ0n) is 8.25. The fourth-order valence-corrected chi connectivity index (χ4v) is 2.33. The van der Waals surface area contributed by atoms with Crippen LogP contribution in [-0.4, -0.2) is 67.1 Å². The Morgan fingerprint density at radius 2 is 1.88 bits per heavy atom. The summed E-state index contributed by atoms with van der Waals surface area (Å²) in [5.41, 5.74) is 0. The van der Waals surface area contributed by atoms with E-state index in [1.54, 1.807) is 0 Å². The van der Waals surface area contributed by atoms with Crippen LogP contribution in [0.25, 0.3) is 0 Å². The van der Waals surface area contributed by atoms with E-state index in [2.05, 4.69) is 0 Å². The SMILES string of the molecule is O=P(O)(O)C[C@H]1O[C@H](C(O)O)C[C@@H](O)[C@@H]1O. The molecule has 0 aromatic heterocycles. The van der Waals surface area contributed by atoms with Crippen LogP contribution < -0.4 is 0 Å². The van der Waals surface area contributed by atoms with Gasteiger partial charge in [-0.15, -0.1) is 0 Å². The number of aliphatic hydroxyl groups excluding tert-OH is 3. The minimum Gasteiger partial charge on any atom is -0.390 e. The molecule has 0 aliphatic carbocycles. The zero-order valence-corrected chi connectivity index (χ0v) is 9.14. The molecular formula is C7H15O8P. The number of ether oxygens (including phenoxy) is 1. The average Bonchev–Trinajstić information content (AvgIpc) is 2.10. The highest BCUT2D eigenvalue weighted by Crippen LogP contribution is 2.38. The second-order valence-electron chi connectivity index (χ2n) is 3.77. The maximum Gasteiger partial charge on any atom is 0.328 e. The molecule has 1 saturated heterocycles. The smallest absolute Gasteiger partial charge is 0.328 e. The van der Waals surface area contributed by atoms with Crippen molar-refractivity contribution in [3.63, 3.8) is 0 Å². The van der Waals surface area contributed by atoms with Crippen LogP contribution in [0.5, 0.6) is 0 Å². The highest BCUT2D eigenvalue weighted by atomic mass is 31.2. The largest absolute Gasteiger partial charge is 0.390 e. The van der Waals surface area contributed by atoms with Gasteiger partial charge in [-0.25, -0.2) is 0 Å². The molecule has 0 bridgehead atoms. The van der Waals surface area contributed by atoms with Gasteiger partial charge in [0.05, 0.1) is 18.4 Å². The predicted octanol–water partition coefficient (Wildman–Crippen LogP) is -2.65. The Balaban J connectivity index is 2.70. The van der Waals surface area contributed by atoms with Gasteiger partial charge in [-0.3, -0.25) is 4.57 Å². The van der Waals surface area contributed by atoms with Crippen molar-refractivity contribution in [2.24, 2.45) is 0 Å². The lowest BCUT2D eigenvalue weighted by molar-refractivity contribution is -0.226. The molecule has 1 fully saturated rings. The van der Waals surface area contributed by atoms with Crippen molar-refractivity contribution in [2.45, 2.75) is 37.1 Å². The van der Waals surface area contributed by atoms with Gasteiger partial charge in [0.25, 0.3) is 0 Å². The van der Waals surface area contributed by atoms with Crippen molar-refractivity contribution in [3.8, 4) is 0 Å². The molecule has 16 heavy (non-hydrogen) atoms. The first-order valence-electron chi connectivity index (χ1n) is 4.63. The Labute approximate surface area is 91.3 Å². The van der Waals surface area contributed by atoms with Crippen LogP contribution in [0.1, 0.15) is 6.42 Å². The van der Waals surface area contributed by atoms with E-state index in [1.165, 1.54) is 0 Å². The van der Waals surface area contributed by atoms with E-state index in [0.29, 0.717) is 0 Å². The summed E-state index contributed by atoms with van der Waals surface area (Å²) in [6.07, 6.45) is -8.13. The van der Waals surface area contributed by atoms with E-state index in [4.69, 9.17) is 24.7 Å². The van der Waals surface area contributed by atoms with E-state index in [1.807, 2.05) is 0 Å². The van der Waals surface area contributed by atoms with Crippen molar-refractivity contribution in [3.05, 3.63) is 0 Å². The second-order valence-corrected chi connectivity index (χ2v) is 5.46. The highest BCUT2D eigenvalue weighted by molar-refractivity contribution is 7.51. The maximum absolute atomic E-state index is 10.7. The molecule has 0 aromatic rings. The summed E-state index contributed by atoms with van der Waals surface area (Å²) < 4.78 is 15.6. The van der Waals surface area contributed by atoms with Gasteiger partial charge in [-0.1, -0.05) is 0 Å². The lowest BCUT2D eigenvalue weighted by Crippen LogP contribution is -2.52. The van der Waals surface area contributed by atoms with E-state index in [9.17, 15) is 14.8 Å². The normalized spacial score (nSPS) is 36.7. The third kappa shape index (κ3) is 3.76. The standard InChI is InChI=1S/C7H15O8P/c8-3-1-4(7(10)11)15-5(6(3)9)2-16(12,13)14/h3-11H,1-2H2,(H2,12,13,14)/t3-,4+,5-,6+/m1/s1. The van der Waals surface area contributed by atoms with Crippen LogP contribution in [0, 0.1) is 0 Å². The molecular weight excluding hydrogens is 243 g/mol. The number of hydrogen-bond donors (Lipinski definition) is 6. The maximum atomic E-state index is 10.7. The third-order valence-electron chi connectivity index (χ3n) is 2.35. The van der Waals surface area contributed by atoms with Crippen LogP contribution in [-0.2, 0) is 9.30 Å². The summed E-state index contributed by atoms with van der Waals surface area (Å²) in [5.74, 6) is 0. The Morgan fingerprint density at radius 3 is 2.31 bits per heavy atom. The summed E-state index contributed by atoms with van der Waals surface area (Å²) in [4.78, 5) is 17.4. The van der Waals surface area contributed by atoms with Gasteiger partial charge in [-0.05, 0) is 0 Å². The summed E-state index contributed by atoms with van der Waals surface area (Å²) in [5, 5.41) is 36.5.